The van der Waals surface area contributed by atoms with Crippen LogP contribution in [0.5, 0.6) is 0 Å². The van der Waals surface area contributed by atoms with Gasteiger partial charge in [-0.25, -0.2) is 5.43 Å². The highest BCUT2D eigenvalue weighted by Gasteiger charge is 2.26. The second-order valence-corrected chi connectivity index (χ2v) is 8.71. The van der Waals surface area contributed by atoms with E-state index < -0.39 is 12.6 Å². The van der Waals surface area contributed by atoms with Crippen LogP contribution >= 0.6 is 11.3 Å². The lowest BCUT2D eigenvalue weighted by Crippen LogP contribution is -2.29. The van der Waals surface area contributed by atoms with Crippen molar-refractivity contribution in [1.29, 1.82) is 0 Å². The topological polar surface area (TPSA) is 82.8 Å². The van der Waals surface area contributed by atoms with E-state index in [1.165, 1.54) is 19.3 Å². The summed E-state index contributed by atoms with van der Waals surface area (Å²) in [7, 11) is 0. The Balaban J connectivity index is 1.96. The third-order valence-electron chi connectivity index (χ3n) is 5.10. The van der Waals surface area contributed by atoms with Gasteiger partial charge >= 0.3 is 6.18 Å². The van der Waals surface area contributed by atoms with Gasteiger partial charge in [-0.3, -0.25) is 9.79 Å². The van der Waals surface area contributed by atoms with Crippen molar-refractivity contribution in [3.63, 3.8) is 0 Å². The van der Waals surface area contributed by atoms with E-state index in [2.05, 4.69) is 30.6 Å². The molecule has 0 bridgehead atoms. The minimum atomic E-state index is -4.20. The highest BCUT2D eigenvalue weighted by atomic mass is 32.1. The molecular weight excluding hydrogens is 441 g/mol. The number of aryl methyl sites for hydroxylation is 1. The predicted octanol–water partition coefficient (Wildman–Crippen LogP) is 5.05. The molecule has 1 aliphatic rings. The number of alkyl halides is 3. The number of amides is 1. The van der Waals surface area contributed by atoms with Gasteiger partial charge in [0.15, 0.2) is 0 Å². The number of aliphatic imine (C=N–C) groups is 1. The zero-order valence-electron chi connectivity index (χ0n) is 18.6. The predicted molar refractivity (Wildman–Crippen MR) is 122 cm³/mol. The van der Waals surface area contributed by atoms with E-state index in [-0.39, 0.29) is 6.42 Å². The molecule has 2 rings (SSSR count). The molecule has 0 saturated carbocycles. The molecule has 1 aromatic heterocycles. The molecule has 2 heterocycles. The van der Waals surface area contributed by atoms with Crippen LogP contribution in [0.2, 0.25) is 0 Å². The molecule has 0 radical (unpaired) electrons. The molecule has 1 aliphatic heterocycles. The number of rotatable bonds is 12. The van der Waals surface area contributed by atoms with Gasteiger partial charge in [-0.2, -0.15) is 18.3 Å². The molecule has 1 fully saturated rings. The van der Waals surface area contributed by atoms with Crippen LogP contribution < -0.4 is 10.3 Å². The minimum absolute atomic E-state index is 0.146. The molecule has 0 atom stereocenters. The lowest BCUT2D eigenvalue weighted by atomic mass is 10.0. The zero-order chi connectivity index (χ0) is 23.4. The molecule has 32 heavy (non-hydrogen) atoms. The van der Waals surface area contributed by atoms with Gasteiger partial charge in [-0.15, -0.1) is 10.2 Å². The number of carbonyl (C=O) groups excluding carboxylic acids is 1. The number of nitrogens with zero attached hydrogens (tertiary/aromatic N) is 5. The van der Waals surface area contributed by atoms with Crippen molar-refractivity contribution in [1.82, 2.24) is 15.6 Å². The Bertz CT molecular complexity index is 813. The smallest absolute Gasteiger partial charge is 0.347 e. The maximum Gasteiger partial charge on any atom is 0.389 e. The van der Waals surface area contributed by atoms with Crippen molar-refractivity contribution in [2.45, 2.75) is 77.8 Å². The molecule has 0 aliphatic carbocycles. The Hall–Kier alpha value is -2.30. The summed E-state index contributed by atoms with van der Waals surface area (Å²) in [6, 6.07) is 0. The van der Waals surface area contributed by atoms with E-state index in [0.717, 1.165) is 41.6 Å². The molecule has 178 valence electrons. The van der Waals surface area contributed by atoms with E-state index in [1.807, 2.05) is 6.92 Å². The van der Waals surface area contributed by atoms with Crippen LogP contribution in [0.15, 0.2) is 21.9 Å². The van der Waals surface area contributed by atoms with Crippen molar-refractivity contribution in [3.05, 3.63) is 16.8 Å². The fraction of sp³-hybridized carbons (Fsp3) is 0.667. The molecule has 1 N–H and O–H groups in total. The summed E-state index contributed by atoms with van der Waals surface area (Å²) in [5.41, 5.74) is 4.16. The van der Waals surface area contributed by atoms with Gasteiger partial charge in [-0.1, -0.05) is 18.3 Å². The normalized spacial score (nSPS) is 16.4. The molecule has 0 aromatic carbocycles. The van der Waals surface area contributed by atoms with Gasteiger partial charge in [0.25, 0.3) is 0 Å². The fourth-order valence-electron chi connectivity index (χ4n) is 3.30. The van der Waals surface area contributed by atoms with E-state index in [4.69, 9.17) is 0 Å². The van der Waals surface area contributed by atoms with Gasteiger partial charge in [0.1, 0.15) is 5.01 Å². The largest absolute Gasteiger partial charge is 0.389 e. The molecule has 0 spiro atoms. The van der Waals surface area contributed by atoms with Crippen molar-refractivity contribution in [3.8, 4) is 0 Å². The summed E-state index contributed by atoms with van der Waals surface area (Å²) in [5.74, 6) is 0. The van der Waals surface area contributed by atoms with Gasteiger partial charge < -0.3 is 4.90 Å². The third-order valence-corrected chi connectivity index (χ3v) is 6.15. The zero-order valence-corrected chi connectivity index (χ0v) is 19.4. The van der Waals surface area contributed by atoms with Gasteiger partial charge in [-0.05, 0) is 57.4 Å². The van der Waals surface area contributed by atoms with Crippen molar-refractivity contribution in [2.24, 2.45) is 10.1 Å². The van der Waals surface area contributed by atoms with Crippen LogP contribution in [0.3, 0.4) is 0 Å². The number of nitrogens with one attached hydrogen (secondary N) is 1. The van der Waals surface area contributed by atoms with E-state index in [1.54, 1.807) is 24.5 Å². The van der Waals surface area contributed by atoms with Crippen LogP contribution in [0.1, 0.15) is 70.2 Å². The second-order valence-electron chi connectivity index (χ2n) is 7.67. The van der Waals surface area contributed by atoms with Crippen LogP contribution in [-0.2, 0) is 11.2 Å². The number of hydrogen-bond donors (Lipinski definition) is 1. The van der Waals surface area contributed by atoms with Gasteiger partial charge in [0.05, 0.1) is 5.71 Å². The second kappa shape index (κ2) is 13.3. The summed E-state index contributed by atoms with van der Waals surface area (Å²) in [4.78, 5) is 17.2. The first-order valence-electron chi connectivity index (χ1n) is 10.9. The molecule has 7 nitrogen and oxygen atoms in total. The summed E-state index contributed by atoms with van der Waals surface area (Å²) in [6.45, 7) is 5.54. The van der Waals surface area contributed by atoms with E-state index in [9.17, 15) is 18.0 Å². The number of halogens is 3. The summed E-state index contributed by atoms with van der Waals surface area (Å²) in [6.07, 6.45) is 3.08. The average molecular weight is 473 g/mol. The molecule has 1 saturated heterocycles. The van der Waals surface area contributed by atoms with Gasteiger partial charge in [0, 0.05) is 37.8 Å². The van der Waals surface area contributed by atoms with Crippen molar-refractivity contribution >= 4 is 34.3 Å². The maximum atomic E-state index is 12.4. The molecule has 1 amide bonds. The Morgan fingerprint density at radius 3 is 2.62 bits per heavy atom. The first-order valence-corrected chi connectivity index (χ1v) is 11.8. The quantitative estimate of drug-likeness (QED) is 0.262. The molecule has 0 unspecified atom stereocenters. The van der Waals surface area contributed by atoms with Gasteiger partial charge in [0.2, 0.25) is 11.5 Å². The standard InChI is InChI=1S/C21H31F3N6OS/c1-3-17(14-25-16(2)10-11-21(22,23)24)18(27-26-15-31)8-7-9-19-28-29-20(32-19)30-12-5-4-6-13-30/h14-15H,3-13H2,1-2H3,(H,26,31)/b17-14+,25-16?,27-18+. The summed E-state index contributed by atoms with van der Waals surface area (Å²) in [5, 5.41) is 14.7. The Morgan fingerprint density at radius 2 is 1.97 bits per heavy atom. The first-order chi connectivity index (χ1) is 15.3. The number of piperidine rings is 1. The lowest BCUT2D eigenvalue weighted by molar-refractivity contribution is -0.132. The van der Waals surface area contributed by atoms with Crippen LogP contribution in [-0.4, -0.2) is 47.3 Å². The number of allylic oxidation sites excluding steroid dienone is 1. The lowest BCUT2D eigenvalue weighted by Gasteiger charge is -2.25. The Labute approximate surface area is 190 Å². The number of aromatic nitrogens is 2. The maximum absolute atomic E-state index is 12.4. The van der Waals surface area contributed by atoms with Crippen molar-refractivity contribution < 1.29 is 18.0 Å². The summed E-state index contributed by atoms with van der Waals surface area (Å²) < 4.78 is 37.2. The number of hydrazone groups is 1. The monoisotopic (exact) mass is 472 g/mol. The van der Waals surface area contributed by atoms with E-state index in [0.29, 0.717) is 30.7 Å². The van der Waals surface area contributed by atoms with Crippen LogP contribution in [0.4, 0.5) is 18.3 Å². The fourth-order valence-corrected chi connectivity index (χ4v) is 4.24. The Kier molecular flexibility index (Phi) is 10.8. The van der Waals surface area contributed by atoms with Crippen LogP contribution in [0.25, 0.3) is 0 Å². The van der Waals surface area contributed by atoms with Crippen LogP contribution in [0, 0.1) is 0 Å². The van der Waals surface area contributed by atoms with E-state index >= 15 is 0 Å². The molecule has 1 aromatic rings. The number of hydrogen-bond acceptors (Lipinski definition) is 7. The SMILES string of the molecule is CCC(=C\N=C(C)CCC(F)(F)F)/C(CCCc1nnc(N2CCCCC2)s1)=N/NC=O. The molecule has 11 heteroatoms. The highest BCUT2D eigenvalue weighted by Crippen LogP contribution is 2.25. The highest BCUT2D eigenvalue weighted by molar-refractivity contribution is 7.15. The van der Waals surface area contributed by atoms with Crippen molar-refractivity contribution in [2.75, 3.05) is 18.0 Å². The first kappa shape index (κ1) is 26.0. The third kappa shape index (κ3) is 9.46. The number of carbonyl (C=O) groups is 1. The summed E-state index contributed by atoms with van der Waals surface area (Å²) >= 11 is 1.61. The number of anilines is 1. The minimum Gasteiger partial charge on any atom is -0.347 e. The Morgan fingerprint density at radius 1 is 1.22 bits per heavy atom. The molecular formula is C21H31F3N6OS. The average Bonchev–Trinajstić information content (AvgIpc) is 3.25.